The molecule has 0 radical (unpaired) electrons. The van der Waals surface area contributed by atoms with Gasteiger partial charge in [-0.3, -0.25) is 4.79 Å². The lowest BCUT2D eigenvalue weighted by molar-refractivity contribution is -0.137. The van der Waals surface area contributed by atoms with E-state index in [4.69, 9.17) is 5.11 Å². The van der Waals surface area contributed by atoms with Gasteiger partial charge in [0.2, 0.25) is 0 Å². The molecule has 0 aliphatic heterocycles. The van der Waals surface area contributed by atoms with Crippen molar-refractivity contribution in [3.8, 4) is 0 Å². The smallest absolute Gasteiger partial charge is 0.337 e. The van der Waals surface area contributed by atoms with Crippen LogP contribution in [0, 0.1) is 0 Å². The second-order valence-electron chi connectivity index (χ2n) is 4.74. The van der Waals surface area contributed by atoms with Crippen molar-refractivity contribution in [2.24, 2.45) is 0 Å². The predicted molar refractivity (Wildman–Crippen MR) is 79.8 cm³/mol. The maximum Gasteiger partial charge on any atom is 0.337 e. The van der Waals surface area contributed by atoms with Gasteiger partial charge >= 0.3 is 18.0 Å². The van der Waals surface area contributed by atoms with E-state index in [0.29, 0.717) is 18.5 Å². The highest BCUT2D eigenvalue weighted by molar-refractivity contribution is 5.89. The Kier molecular flexibility index (Phi) is 6.88. The van der Waals surface area contributed by atoms with Gasteiger partial charge in [-0.1, -0.05) is 12.1 Å². The van der Waals surface area contributed by atoms with E-state index < -0.39 is 5.97 Å². The fourth-order valence-corrected chi connectivity index (χ4v) is 1.74. The zero-order valence-electron chi connectivity index (χ0n) is 12.7. The quantitative estimate of drug-likeness (QED) is 0.736. The van der Waals surface area contributed by atoms with Crippen LogP contribution in [-0.2, 0) is 16.0 Å². The molecule has 1 aromatic carbocycles. The monoisotopic (exact) mass is 308 g/mol. The standard InChI is InChI=1S/C15H20N2O5/c1-17(10-8-13(18)19)15(21)16-9-7-11-3-5-12(6-4-11)14(20)22-2/h3-6H,7-10H2,1-2H3,(H,16,21)(H,18,19). The van der Waals surface area contributed by atoms with Crippen LogP contribution in [0.3, 0.4) is 0 Å². The summed E-state index contributed by atoms with van der Waals surface area (Å²) in [7, 11) is 2.87. The number of carbonyl (C=O) groups excluding carboxylic acids is 2. The van der Waals surface area contributed by atoms with Gasteiger partial charge in [0.05, 0.1) is 19.1 Å². The Bertz CT molecular complexity index is 527. The summed E-state index contributed by atoms with van der Waals surface area (Å²) < 4.78 is 4.61. The maximum atomic E-state index is 11.7. The maximum absolute atomic E-state index is 11.7. The first kappa shape index (κ1) is 17.5. The molecule has 0 aliphatic rings. The summed E-state index contributed by atoms with van der Waals surface area (Å²) in [5, 5.41) is 11.3. The molecule has 1 aromatic rings. The summed E-state index contributed by atoms with van der Waals surface area (Å²) in [4.78, 5) is 34.7. The lowest BCUT2D eigenvalue weighted by Gasteiger charge is -2.16. The Hall–Kier alpha value is -2.57. The third kappa shape index (κ3) is 5.82. The Morgan fingerprint density at radius 1 is 1.23 bits per heavy atom. The van der Waals surface area contributed by atoms with Gasteiger partial charge in [0.25, 0.3) is 0 Å². The molecule has 2 N–H and O–H groups in total. The molecule has 0 fully saturated rings. The minimum Gasteiger partial charge on any atom is -0.481 e. The van der Waals surface area contributed by atoms with Gasteiger partial charge in [-0.15, -0.1) is 0 Å². The van der Waals surface area contributed by atoms with Crippen LogP contribution in [0.1, 0.15) is 22.3 Å². The van der Waals surface area contributed by atoms with Crippen LogP contribution in [0.2, 0.25) is 0 Å². The summed E-state index contributed by atoms with van der Waals surface area (Å²) in [6, 6.07) is 6.62. The normalized spacial score (nSPS) is 9.91. The molecule has 0 unspecified atom stereocenters. The third-order valence-corrected chi connectivity index (χ3v) is 3.07. The topological polar surface area (TPSA) is 95.9 Å². The number of carboxylic acid groups (broad SMARTS) is 1. The Labute approximate surface area is 128 Å². The van der Waals surface area contributed by atoms with Crippen molar-refractivity contribution in [2.45, 2.75) is 12.8 Å². The van der Waals surface area contributed by atoms with Gasteiger partial charge < -0.3 is 20.1 Å². The largest absolute Gasteiger partial charge is 0.481 e. The van der Waals surface area contributed by atoms with Crippen LogP contribution in [0.15, 0.2) is 24.3 Å². The number of nitrogens with one attached hydrogen (secondary N) is 1. The highest BCUT2D eigenvalue weighted by Gasteiger charge is 2.09. The molecule has 22 heavy (non-hydrogen) atoms. The van der Waals surface area contributed by atoms with Gasteiger partial charge in [0.1, 0.15) is 0 Å². The number of urea groups is 1. The van der Waals surface area contributed by atoms with Crippen LogP contribution in [0.4, 0.5) is 4.79 Å². The molecule has 0 heterocycles. The van der Waals surface area contributed by atoms with Crippen molar-refractivity contribution in [1.29, 1.82) is 0 Å². The molecule has 7 heteroatoms. The summed E-state index contributed by atoms with van der Waals surface area (Å²) in [5.74, 6) is -1.33. The molecule has 0 atom stereocenters. The Balaban J connectivity index is 2.36. The highest BCUT2D eigenvalue weighted by Crippen LogP contribution is 2.06. The molecule has 120 valence electrons. The SMILES string of the molecule is COC(=O)c1ccc(CCNC(=O)N(C)CCC(=O)O)cc1. The first-order valence-electron chi connectivity index (χ1n) is 6.82. The van der Waals surface area contributed by atoms with E-state index in [9.17, 15) is 14.4 Å². The van der Waals surface area contributed by atoms with E-state index in [1.807, 2.05) is 0 Å². The molecule has 7 nitrogen and oxygen atoms in total. The van der Waals surface area contributed by atoms with Crippen LogP contribution < -0.4 is 5.32 Å². The van der Waals surface area contributed by atoms with Crippen LogP contribution in [-0.4, -0.2) is 55.2 Å². The molecule has 0 bridgehead atoms. The number of carbonyl (C=O) groups is 3. The van der Waals surface area contributed by atoms with E-state index in [-0.39, 0.29) is 25.0 Å². The molecule has 0 saturated heterocycles. The molecule has 0 saturated carbocycles. The van der Waals surface area contributed by atoms with Gasteiger partial charge in [0.15, 0.2) is 0 Å². The number of benzene rings is 1. The van der Waals surface area contributed by atoms with E-state index in [0.717, 1.165) is 5.56 Å². The average Bonchev–Trinajstić information content (AvgIpc) is 2.52. The van der Waals surface area contributed by atoms with E-state index in [1.54, 1.807) is 31.3 Å². The fraction of sp³-hybridized carbons (Fsp3) is 0.400. The Morgan fingerprint density at radius 3 is 2.41 bits per heavy atom. The minimum absolute atomic E-state index is 0.0844. The van der Waals surface area contributed by atoms with E-state index in [1.165, 1.54) is 12.0 Å². The summed E-state index contributed by atoms with van der Waals surface area (Å²) >= 11 is 0. The number of nitrogens with zero attached hydrogens (tertiary/aromatic N) is 1. The molecule has 1 rings (SSSR count). The second-order valence-corrected chi connectivity index (χ2v) is 4.74. The number of rotatable bonds is 7. The highest BCUT2D eigenvalue weighted by atomic mass is 16.5. The summed E-state index contributed by atoms with van der Waals surface area (Å²) in [5.41, 5.74) is 1.45. The number of carboxylic acids is 1. The van der Waals surface area contributed by atoms with E-state index in [2.05, 4.69) is 10.1 Å². The lowest BCUT2D eigenvalue weighted by atomic mass is 10.1. The van der Waals surface area contributed by atoms with Gasteiger partial charge in [0, 0.05) is 20.1 Å². The number of hydrogen-bond acceptors (Lipinski definition) is 4. The second kappa shape index (κ2) is 8.66. The van der Waals surface area contributed by atoms with Crippen LogP contribution in [0.25, 0.3) is 0 Å². The Morgan fingerprint density at radius 2 is 1.86 bits per heavy atom. The fourth-order valence-electron chi connectivity index (χ4n) is 1.74. The van der Waals surface area contributed by atoms with Crippen molar-refractivity contribution < 1.29 is 24.2 Å². The van der Waals surface area contributed by atoms with Crippen LogP contribution >= 0.6 is 0 Å². The van der Waals surface area contributed by atoms with Gasteiger partial charge in [-0.25, -0.2) is 9.59 Å². The van der Waals surface area contributed by atoms with Crippen molar-refractivity contribution >= 4 is 18.0 Å². The molecule has 0 aromatic heterocycles. The minimum atomic E-state index is -0.939. The summed E-state index contributed by atoms with van der Waals surface area (Å²) in [6.45, 7) is 0.586. The molecule has 2 amide bonds. The van der Waals surface area contributed by atoms with Crippen molar-refractivity contribution in [3.63, 3.8) is 0 Å². The third-order valence-electron chi connectivity index (χ3n) is 3.07. The summed E-state index contributed by atoms with van der Waals surface area (Å²) in [6.07, 6.45) is 0.527. The number of methoxy groups -OCH3 is 1. The zero-order valence-corrected chi connectivity index (χ0v) is 12.7. The van der Waals surface area contributed by atoms with Crippen LogP contribution in [0.5, 0.6) is 0 Å². The lowest BCUT2D eigenvalue weighted by Crippen LogP contribution is -2.39. The molecular weight excluding hydrogens is 288 g/mol. The van der Waals surface area contributed by atoms with Crippen molar-refractivity contribution in [1.82, 2.24) is 10.2 Å². The first-order valence-corrected chi connectivity index (χ1v) is 6.82. The van der Waals surface area contributed by atoms with Gasteiger partial charge in [-0.2, -0.15) is 0 Å². The molecule has 0 aliphatic carbocycles. The number of amides is 2. The number of hydrogen-bond donors (Lipinski definition) is 2. The predicted octanol–water partition coefficient (Wildman–Crippen LogP) is 1.13. The number of aliphatic carboxylic acids is 1. The molecule has 0 spiro atoms. The van der Waals surface area contributed by atoms with Crippen molar-refractivity contribution in [3.05, 3.63) is 35.4 Å². The first-order chi connectivity index (χ1) is 10.4. The average molecular weight is 308 g/mol. The molecular formula is C15H20N2O5. The van der Waals surface area contributed by atoms with Crippen molar-refractivity contribution in [2.75, 3.05) is 27.2 Å². The van der Waals surface area contributed by atoms with Gasteiger partial charge in [-0.05, 0) is 24.1 Å². The number of ether oxygens (including phenoxy) is 1. The van der Waals surface area contributed by atoms with E-state index >= 15 is 0 Å². The number of esters is 1. The zero-order chi connectivity index (χ0) is 16.5.